The van der Waals surface area contributed by atoms with Gasteiger partial charge < -0.3 is 15.8 Å². The summed E-state index contributed by atoms with van der Waals surface area (Å²) in [6, 6.07) is 1.81. The normalized spacial score (nSPS) is 27.9. The van der Waals surface area contributed by atoms with Crippen molar-refractivity contribution in [3.8, 4) is 0 Å². The molecule has 1 heterocycles. The number of nitrogens with zero attached hydrogens (tertiary/aromatic N) is 2. The van der Waals surface area contributed by atoms with E-state index in [9.17, 15) is 0 Å². The molecule has 5 nitrogen and oxygen atoms in total. The monoisotopic (exact) mass is 276 g/mol. The quantitative estimate of drug-likeness (QED) is 0.835. The molecule has 1 aromatic rings. The van der Waals surface area contributed by atoms with E-state index in [4.69, 9.17) is 10.5 Å². The van der Waals surface area contributed by atoms with E-state index in [1.807, 2.05) is 13.0 Å². The van der Waals surface area contributed by atoms with E-state index in [0.29, 0.717) is 24.9 Å². The van der Waals surface area contributed by atoms with Crippen molar-refractivity contribution in [1.29, 1.82) is 0 Å². The third-order valence-corrected chi connectivity index (χ3v) is 4.66. The van der Waals surface area contributed by atoms with Gasteiger partial charge in [-0.3, -0.25) is 0 Å². The maximum atomic E-state index is 5.83. The van der Waals surface area contributed by atoms with Crippen molar-refractivity contribution in [3.63, 3.8) is 0 Å². The van der Waals surface area contributed by atoms with Gasteiger partial charge in [-0.15, -0.1) is 0 Å². The zero-order chi connectivity index (χ0) is 13.9. The first-order chi connectivity index (χ1) is 9.74. The minimum absolute atomic E-state index is 0.421. The lowest BCUT2D eigenvalue weighted by Crippen LogP contribution is -2.21. The molecule has 0 amide bonds. The number of anilines is 2. The molecule has 2 aliphatic carbocycles. The van der Waals surface area contributed by atoms with Crippen LogP contribution >= 0.6 is 0 Å². The van der Waals surface area contributed by atoms with Crippen molar-refractivity contribution in [2.24, 2.45) is 17.8 Å². The summed E-state index contributed by atoms with van der Waals surface area (Å²) in [6.07, 6.45) is 5.68. The van der Waals surface area contributed by atoms with Gasteiger partial charge in [0.2, 0.25) is 0 Å². The first kappa shape index (κ1) is 13.6. The fraction of sp³-hybridized carbons (Fsp3) is 0.733. The van der Waals surface area contributed by atoms with Crippen molar-refractivity contribution in [3.05, 3.63) is 11.9 Å². The van der Waals surface area contributed by atoms with Crippen LogP contribution in [0.3, 0.4) is 0 Å². The lowest BCUT2D eigenvalue weighted by molar-refractivity contribution is 0.128. The molecule has 2 saturated carbocycles. The molecular weight excluding hydrogens is 252 g/mol. The molecule has 2 fully saturated rings. The number of nitrogen functional groups attached to an aromatic ring is 1. The van der Waals surface area contributed by atoms with Crippen LogP contribution in [0.2, 0.25) is 0 Å². The number of ether oxygens (including phenoxy) is 1. The summed E-state index contributed by atoms with van der Waals surface area (Å²) in [4.78, 5) is 8.66. The Morgan fingerprint density at radius 3 is 2.95 bits per heavy atom. The Bertz CT molecular complexity index is 465. The van der Waals surface area contributed by atoms with Crippen molar-refractivity contribution in [2.45, 2.75) is 39.2 Å². The minimum Gasteiger partial charge on any atom is -0.384 e. The SMILES string of the molecule is CCOCc1nc(N)cc(NCC2CC3CCC2C3)n1. The van der Waals surface area contributed by atoms with Crippen molar-refractivity contribution >= 4 is 11.6 Å². The predicted molar refractivity (Wildman–Crippen MR) is 79.2 cm³/mol. The van der Waals surface area contributed by atoms with Gasteiger partial charge in [0.15, 0.2) is 5.82 Å². The molecule has 3 N–H and O–H groups in total. The Labute approximate surface area is 120 Å². The molecule has 3 atom stereocenters. The number of rotatable bonds is 6. The maximum absolute atomic E-state index is 5.83. The highest BCUT2D eigenvalue weighted by Gasteiger charge is 2.39. The minimum atomic E-state index is 0.421. The Balaban J connectivity index is 1.57. The molecule has 0 spiro atoms. The molecule has 2 bridgehead atoms. The van der Waals surface area contributed by atoms with Gasteiger partial charge in [0, 0.05) is 19.2 Å². The van der Waals surface area contributed by atoms with Gasteiger partial charge in [-0.05, 0) is 43.9 Å². The van der Waals surface area contributed by atoms with Crippen LogP contribution in [0.4, 0.5) is 11.6 Å². The second-order valence-corrected chi connectivity index (χ2v) is 6.05. The van der Waals surface area contributed by atoms with Gasteiger partial charge in [0.05, 0.1) is 0 Å². The highest BCUT2D eigenvalue weighted by atomic mass is 16.5. The molecule has 0 radical (unpaired) electrons. The lowest BCUT2D eigenvalue weighted by Gasteiger charge is -2.22. The third kappa shape index (κ3) is 3.03. The second kappa shape index (κ2) is 5.95. The van der Waals surface area contributed by atoms with E-state index in [1.54, 1.807) is 0 Å². The molecule has 20 heavy (non-hydrogen) atoms. The Morgan fingerprint density at radius 1 is 1.35 bits per heavy atom. The molecule has 1 aromatic heterocycles. The molecular formula is C15H24N4O. The molecule has 0 saturated heterocycles. The van der Waals surface area contributed by atoms with Gasteiger partial charge >= 0.3 is 0 Å². The number of hydrogen-bond donors (Lipinski definition) is 2. The maximum Gasteiger partial charge on any atom is 0.158 e. The average molecular weight is 276 g/mol. The van der Waals surface area contributed by atoms with Gasteiger partial charge in [-0.1, -0.05) is 6.42 Å². The summed E-state index contributed by atoms with van der Waals surface area (Å²) in [7, 11) is 0. The number of fused-ring (bicyclic) bond motifs is 2. The van der Waals surface area contributed by atoms with E-state index in [0.717, 1.165) is 30.1 Å². The Hall–Kier alpha value is -1.36. The lowest BCUT2D eigenvalue weighted by atomic mass is 9.89. The van der Waals surface area contributed by atoms with Gasteiger partial charge in [-0.2, -0.15) is 0 Å². The predicted octanol–water partition coefficient (Wildman–Crippen LogP) is 2.44. The molecule has 5 heteroatoms. The van der Waals surface area contributed by atoms with E-state index in [1.165, 1.54) is 25.7 Å². The molecule has 110 valence electrons. The summed E-state index contributed by atoms with van der Waals surface area (Å²) < 4.78 is 5.34. The summed E-state index contributed by atoms with van der Waals surface area (Å²) in [5, 5.41) is 3.44. The summed E-state index contributed by atoms with van der Waals surface area (Å²) in [6.45, 7) is 4.04. The topological polar surface area (TPSA) is 73.1 Å². The smallest absolute Gasteiger partial charge is 0.158 e. The van der Waals surface area contributed by atoms with Crippen LogP contribution in [-0.4, -0.2) is 23.1 Å². The van der Waals surface area contributed by atoms with Crippen molar-refractivity contribution in [1.82, 2.24) is 9.97 Å². The molecule has 3 unspecified atom stereocenters. The summed E-state index contributed by atoms with van der Waals surface area (Å²) in [5.74, 6) is 4.70. The number of nitrogens with one attached hydrogen (secondary N) is 1. The highest BCUT2D eigenvalue weighted by molar-refractivity contribution is 5.44. The number of hydrogen-bond acceptors (Lipinski definition) is 5. The fourth-order valence-electron chi connectivity index (χ4n) is 3.73. The number of nitrogens with two attached hydrogens (primary N) is 1. The average Bonchev–Trinajstić information content (AvgIpc) is 3.05. The van der Waals surface area contributed by atoms with E-state index in [-0.39, 0.29) is 0 Å². The third-order valence-electron chi connectivity index (χ3n) is 4.66. The van der Waals surface area contributed by atoms with Crippen molar-refractivity contribution in [2.75, 3.05) is 24.2 Å². The molecule has 2 aliphatic rings. The highest BCUT2D eigenvalue weighted by Crippen LogP contribution is 2.48. The second-order valence-electron chi connectivity index (χ2n) is 6.05. The van der Waals surface area contributed by atoms with E-state index < -0.39 is 0 Å². The van der Waals surface area contributed by atoms with Crippen LogP contribution in [0.5, 0.6) is 0 Å². The van der Waals surface area contributed by atoms with E-state index in [2.05, 4.69) is 15.3 Å². The van der Waals surface area contributed by atoms with Gasteiger partial charge in [0.1, 0.15) is 18.2 Å². The fourth-order valence-corrected chi connectivity index (χ4v) is 3.73. The molecule has 3 rings (SSSR count). The van der Waals surface area contributed by atoms with Crippen LogP contribution in [0.25, 0.3) is 0 Å². The first-order valence-corrected chi connectivity index (χ1v) is 7.69. The number of aromatic nitrogens is 2. The molecule has 0 aromatic carbocycles. The van der Waals surface area contributed by atoms with Crippen LogP contribution in [0, 0.1) is 17.8 Å². The summed E-state index contributed by atoms with van der Waals surface area (Å²) in [5.41, 5.74) is 5.83. The Morgan fingerprint density at radius 2 is 2.25 bits per heavy atom. The van der Waals surface area contributed by atoms with Gasteiger partial charge in [-0.25, -0.2) is 9.97 Å². The summed E-state index contributed by atoms with van der Waals surface area (Å²) >= 11 is 0. The van der Waals surface area contributed by atoms with Crippen LogP contribution in [0.15, 0.2) is 6.07 Å². The van der Waals surface area contributed by atoms with Crippen LogP contribution < -0.4 is 11.1 Å². The van der Waals surface area contributed by atoms with Crippen LogP contribution in [-0.2, 0) is 11.3 Å². The standard InChI is InChI=1S/C15H24N4O/c1-2-20-9-15-18-13(16)7-14(19-15)17-8-12-6-10-3-4-11(12)5-10/h7,10-12H,2-6,8-9H2,1H3,(H3,16,17,18,19). The largest absolute Gasteiger partial charge is 0.384 e. The Kier molecular flexibility index (Phi) is 4.05. The van der Waals surface area contributed by atoms with E-state index >= 15 is 0 Å². The zero-order valence-corrected chi connectivity index (χ0v) is 12.1. The molecule has 0 aliphatic heterocycles. The zero-order valence-electron chi connectivity index (χ0n) is 12.1. The van der Waals surface area contributed by atoms with Crippen molar-refractivity contribution < 1.29 is 4.74 Å². The van der Waals surface area contributed by atoms with Gasteiger partial charge in [0.25, 0.3) is 0 Å². The van der Waals surface area contributed by atoms with Crippen LogP contribution in [0.1, 0.15) is 38.4 Å². The first-order valence-electron chi connectivity index (χ1n) is 7.69.